The summed E-state index contributed by atoms with van der Waals surface area (Å²) in [5.41, 5.74) is 1.02. The molecule has 2 N–H and O–H groups in total. The molecule has 158 valence electrons. The Labute approximate surface area is 164 Å². The first-order valence-corrected chi connectivity index (χ1v) is 9.44. The molecule has 0 saturated carbocycles. The lowest BCUT2D eigenvalue weighted by Gasteiger charge is -2.19. The zero-order valence-electron chi connectivity index (χ0n) is 16.4. The average molecular weight is 402 g/mol. The van der Waals surface area contributed by atoms with Gasteiger partial charge in [0.2, 0.25) is 0 Å². The van der Waals surface area contributed by atoms with E-state index in [1.807, 2.05) is 31.2 Å². The highest BCUT2D eigenvalue weighted by molar-refractivity contribution is 5.80. The van der Waals surface area contributed by atoms with Crippen molar-refractivity contribution < 1.29 is 22.6 Å². The van der Waals surface area contributed by atoms with Crippen molar-refractivity contribution in [1.82, 2.24) is 15.5 Å². The summed E-state index contributed by atoms with van der Waals surface area (Å²) in [5.74, 6) is 1.38. The lowest BCUT2D eigenvalue weighted by molar-refractivity contribution is -0.143. The van der Waals surface area contributed by atoms with Gasteiger partial charge in [-0.1, -0.05) is 12.1 Å². The van der Waals surface area contributed by atoms with E-state index in [0.29, 0.717) is 51.8 Å². The van der Waals surface area contributed by atoms with Crippen LogP contribution in [0.3, 0.4) is 0 Å². The minimum absolute atomic E-state index is 0.0447. The predicted octanol–water partition coefficient (Wildman–Crippen LogP) is 2.40. The zero-order chi connectivity index (χ0) is 20.4. The molecule has 0 aromatic heterocycles. The number of halogens is 3. The van der Waals surface area contributed by atoms with Crippen LogP contribution in [0.4, 0.5) is 13.2 Å². The molecule has 1 aliphatic heterocycles. The van der Waals surface area contributed by atoms with Crippen molar-refractivity contribution in [3.8, 4) is 5.75 Å². The first-order valence-electron chi connectivity index (χ1n) is 9.44. The molecule has 9 heteroatoms. The van der Waals surface area contributed by atoms with Gasteiger partial charge in [0.05, 0.1) is 19.7 Å². The number of methoxy groups -OCH3 is 1. The second-order valence-corrected chi connectivity index (χ2v) is 6.66. The number of hydrogen-bond donors (Lipinski definition) is 2. The molecule has 1 aromatic rings. The van der Waals surface area contributed by atoms with E-state index in [4.69, 9.17) is 9.47 Å². The fourth-order valence-electron chi connectivity index (χ4n) is 2.97. The van der Waals surface area contributed by atoms with Gasteiger partial charge in [0, 0.05) is 32.8 Å². The van der Waals surface area contributed by atoms with Crippen molar-refractivity contribution in [2.24, 2.45) is 4.99 Å². The maximum Gasteiger partial charge on any atom is 0.401 e. The molecular weight excluding hydrogens is 373 g/mol. The smallest absolute Gasteiger partial charge is 0.401 e. The quantitative estimate of drug-likeness (QED) is 0.377. The van der Waals surface area contributed by atoms with Crippen LogP contribution in [0.1, 0.15) is 18.9 Å². The summed E-state index contributed by atoms with van der Waals surface area (Å²) in [6, 6.07) is 7.60. The molecule has 0 spiro atoms. The van der Waals surface area contributed by atoms with Gasteiger partial charge in [-0.15, -0.1) is 0 Å². The minimum Gasteiger partial charge on any atom is -0.491 e. The third-order valence-corrected chi connectivity index (χ3v) is 4.26. The number of likely N-dealkylation sites (tertiary alicyclic amines) is 1. The Balaban J connectivity index is 1.85. The summed E-state index contributed by atoms with van der Waals surface area (Å²) < 4.78 is 48.1. The van der Waals surface area contributed by atoms with Crippen LogP contribution >= 0.6 is 0 Å². The van der Waals surface area contributed by atoms with Crippen LogP contribution in [-0.2, 0) is 11.3 Å². The monoisotopic (exact) mass is 402 g/mol. The Hall–Kier alpha value is -2.00. The number of aliphatic imine (C=N–C) groups is 1. The second kappa shape index (κ2) is 11.1. The van der Waals surface area contributed by atoms with E-state index in [1.165, 1.54) is 4.90 Å². The van der Waals surface area contributed by atoms with Gasteiger partial charge in [0.25, 0.3) is 0 Å². The van der Waals surface area contributed by atoms with Crippen LogP contribution in [-0.4, -0.2) is 69.6 Å². The molecule has 0 radical (unpaired) electrons. The number of ether oxygens (including phenoxy) is 2. The van der Waals surface area contributed by atoms with Gasteiger partial charge in [0.15, 0.2) is 5.96 Å². The van der Waals surface area contributed by atoms with Crippen molar-refractivity contribution in [2.75, 3.05) is 46.5 Å². The van der Waals surface area contributed by atoms with Gasteiger partial charge in [-0.3, -0.25) is 4.90 Å². The maximum absolute atomic E-state index is 12.5. The van der Waals surface area contributed by atoms with E-state index in [1.54, 1.807) is 7.11 Å². The Morgan fingerprint density at radius 3 is 2.64 bits per heavy atom. The molecule has 1 unspecified atom stereocenters. The van der Waals surface area contributed by atoms with E-state index in [9.17, 15) is 13.2 Å². The van der Waals surface area contributed by atoms with Crippen LogP contribution in [0.5, 0.6) is 5.75 Å². The van der Waals surface area contributed by atoms with E-state index in [-0.39, 0.29) is 6.04 Å². The highest BCUT2D eigenvalue weighted by atomic mass is 19.4. The van der Waals surface area contributed by atoms with Gasteiger partial charge in [-0.25, -0.2) is 4.99 Å². The van der Waals surface area contributed by atoms with Crippen molar-refractivity contribution in [1.29, 1.82) is 0 Å². The predicted molar refractivity (Wildman–Crippen MR) is 103 cm³/mol. The summed E-state index contributed by atoms with van der Waals surface area (Å²) in [5, 5.41) is 6.39. The zero-order valence-corrected chi connectivity index (χ0v) is 16.4. The Kier molecular flexibility index (Phi) is 8.85. The summed E-state index contributed by atoms with van der Waals surface area (Å²) in [4.78, 5) is 5.96. The summed E-state index contributed by atoms with van der Waals surface area (Å²) in [6.45, 7) is 4.05. The SMILES string of the molecule is CCNC(=NCc1ccc(OCCOC)cc1)NC1CCN(CC(F)(F)F)C1. The Morgan fingerprint density at radius 2 is 2.00 bits per heavy atom. The fraction of sp³-hybridized carbons (Fsp3) is 0.632. The van der Waals surface area contributed by atoms with Crippen molar-refractivity contribution in [3.63, 3.8) is 0 Å². The highest BCUT2D eigenvalue weighted by Crippen LogP contribution is 2.20. The first-order chi connectivity index (χ1) is 13.4. The summed E-state index contributed by atoms with van der Waals surface area (Å²) in [7, 11) is 1.62. The molecule has 1 fully saturated rings. The molecular formula is C19H29F3N4O2. The molecule has 6 nitrogen and oxygen atoms in total. The number of rotatable bonds is 9. The molecule has 1 aliphatic rings. The van der Waals surface area contributed by atoms with Gasteiger partial charge >= 0.3 is 6.18 Å². The minimum atomic E-state index is -4.16. The number of nitrogens with one attached hydrogen (secondary N) is 2. The molecule has 0 amide bonds. The van der Waals surface area contributed by atoms with Crippen LogP contribution in [0.25, 0.3) is 0 Å². The van der Waals surface area contributed by atoms with E-state index in [2.05, 4.69) is 15.6 Å². The largest absolute Gasteiger partial charge is 0.491 e. The first kappa shape index (κ1) is 22.3. The molecule has 0 bridgehead atoms. The molecule has 1 saturated heterocycles. The Morgan fingerprint density at radius 1 is 1.25 bits per heavy atom. The van der Waals surface area contributed by atoms with Crippen LogP contribution in [0.15, 0.2) is 29.3 Å². The highest BCUT2D eigenvalue weighted by Gasteiger charge is 2.34. The van der Waals surface area contributed by atoms with E-state index in [0.717, 1.165) is 11.3 Å². The lowest BCUT2D eigenvalue weighted by atomic mass is 10.2. The van der Waals surface area contributed by atoms with E-state index < -0.39 is 12.7 Å². The van der Waals surface area contributed by atoms with Gasteiger partial charge in [0.1, 0.15) is 12.4 Å². The normalized spacial score (nSPS) is 18.3. The van der Waals surface area contributed by atoms with Gasteiger partial charge < -0.3 is 20.1 Å². The second-order valence-electron chi connectivity index (χ2n) is 6.66. The average Bonchev–Trinajstić information content (AvgIpc) is 3.06. The number of benzene rings is 1. The van der Waals surface area contributed by atoms with E-state index >= 15 is 0 Å². The standard InChI is InChI=1S/C19H29F3N4O2/c1-3-23-18(25-16-8-9-26(13-16)14-19(20,21)22)24-12-15-4-6-17(7-5-15)28-11-10-27-2/h4-7,16H,3,8-14H2,1-2H3,(H2,23,24,25). The maximum atomic E-state index is 12.5. The summed E-state index contributed by atoms with van der Waals surface area (Å²) >= 11 is 0. The topological polar surface area (TPSA) is 58.1 Å². The van der Waals surface area contributed by atoms with Crippen LogP contribution < -0.4 is 15.4 Å². The van der Waals surface area contributed by atoms with Crippen LogP contribution in [0, 0.1) is 0 Å². The molecule has 2 rings (SSSR count). The van der Waals surface area contributed by atoms with Gasteiger partial charge in [-0.2, -0.15) is 13.2 Å². The van der Waals surface area contributed by atoms with Gasteiger partial charge in [-0.05, 0) is 31.0 Å². The van der Waals surface area contributed by atoms with Crippen molar-refractivity contribution in [2.45, 2.75) is 32.1 Å². The Bertz CT molecular complexity index is 608. The molecule has 1 heterocycles. The van der Waals surface area contributed by atoms with Crippen molar-refractivity contribution in [3.05, 3.63) is 29.8 Å². The molecule has 1 atom stereocenters. The lowest BCUT2D eigenvalue weighted by Crippen LogP contribution is -2.45. The number of guanidine groups is 1. The molecule has 0 aliphatic carbocycles. The molecule has 28 heavy (non-hydrogen) atoms. The molecule has 1 aromatic carbocycles. The third kappa shape index (κ3) is 8.35. The van der Waals surface area contributed by atoms with Crippen molar-refractivity contribution >= 4 is 5.96 Å². The number of hydrogen-bond acceptors (Lipinski definition) is 4. The summed E-state index contributed by atoms with van der Waals surface area (Å²) in [6.07, 6.45) is -3.50. The number of nitrogens with zero attached hydrogens (tertiary/aromatic N) is 2. The number of alkyl halides is 3. The van der Waals surface area contributed by atoms with Crippen LogP contribution in [0.2, 0.25) is 0 Å². The fourth-order valence-corrected chi connectivity index (χ4v) is 2.97. The third-order valence-electron chi connectivity index (χ3n) is 4.26.